The molecule has 0 aliphatic carbocycles. The van der Waals surface area contributed by atoms with Crippen molar-refractivity contribution < 1.29 is 23.8 Å². The van der Waals surface area contributed by atoms with Crippen LogP contribution in [0.1, 0.15) is 35.3 Å². The van der Waals surface area contributed by atoms with E-state index in [2.05, 4.69) is 11.1 Å². The van der Waals surface area contributed by atoms with E-state index >= 15 is 4.39 Å². The molecule has 0 aliphatic rings. The Morgan fingerprint density at radius 1 is 1.08 bits per heavy atom. The van der Waals surface area contributed by atoms with Crippen molar-refractivity contribution in [1.29, 1.82) is 0 Å². The number of halogens is 2. The quantitative estimate of drug-likeness (QED) is 0.250. The summed E-state index contributed by atoms with van der Waals surface area (Å²) in [6, 6.07) is 17.2. The number of aliphatic hydroxyl groups is 1. The van der Waals surface area contributed by atoms with Gasteiger partial charge in [0.2, 0.25) is 0 Å². The predicted octanol–water partition coefficient (Wildman–Crippen LogP) is 4.79. The van der Waals surface area contributed by atoms with Crippen molar-refractivity contribution in [2.24, 2.45) is 5.73 Å². The van der Waals surface area contributed by atoms with E-state index in [1.807, 2.05) is 44.2 Å². The summed E-state index contributed by atoms with van der Waals surface area (Å²) in [4.78, 5) is 11.8. The first-order valence-corrected chi connectivity index (χ1v) is 12.0. The number of carbonyl (C=O) groups is 1. The number of methoxy groups -OCH3 is 1. The van der Waals surface area contributed by atoms with Crippen molar-refractivity contribution in [2.45, 2.75) is 25.5 Å². The average molecular weight is 517 g/mol. The van der Waals surface area contributed by atoms with Crippen molar-refractivity contribution in [2.75, 3.05) is 33.9 Å². The van der Waals surface area contributed by atoms with Gasteiger partial charge in [-0.25, -0.2) is 4.39 Å². The number of carbonyl (C=O) groups excluding carboxylic acids is 1. The van der Waals surface area contributed by atoms with Crippen LogP contribution in [0.15, 0.2) is 60.7 Å². The van der Waals surface area contributed by atoms with Gasteiger partial charge in [-0.05, 0) is 42.4 Å². The number of ether oxygens (including phenoxy) is 2. The van der Waals surface area contributed by atoms with Gasteiger partial charge in [0.1, 0.15) is 12.2 Å². The van der Waals surface area contributed by atoms with Crippen LogP contribution in [0, 0.1) is 5.82 Å². The van der Waals surface area contributed by atoms with Crippen LogP contribution in [-0.2, 0) is 10.3 Å². The third-order valence-electron chi connectivity index (χ3n) is 5.54. The molecule has 0 saturated carbocycles. The van der Waals surface area contributed by atoms with Crippen molar-refractivity contribution in [3.05, 3.63) is 88.2 Å². The van der Waals surface area contributed by atoms with Gasteiger partial charge in [-0.15, -0.1) is 0 Å². The molecule has 8 heteroatoms. The van der Waals surface area contributed by atoms with E-state index in [9.17, 15) is 9.90 Å². The third kappa shape index (κ3) is 6.90. The molecule has 36 heavy (non-hydrogen) atoms. The number of aldehydes is 1. The highest BCUT2D eigenvalue weighted by Gasteiger charge is 2.33. The zero-order valence-electron chi connectivity index (χ0n) is 21.1. The number of hydrogen-bond donors (Lipinski definition) is 3. The van der Waals surface area contributed by atoms with E-state index in [0.717, 1.165) is 0 Å². The lowest BCUT2D eigenvalue weighted by atomic mass is 9.84. The minimum atomic E-state index is -1.42. The summed E-state index contributed by atoms with van der Waals surface area (Å²) in [6.07, 6.45) is 0.573. The SMILES string of the molecule is CN.COCCOc1ccc(C=O)c(-c2cc(C(O)(CNC(C)C)c3ccccc3)ccc2Cl)c1F. The lowest BCUT2D eigenvalue weighted by Gasteiger charge is -2.31. The zero-order valence-corrected chi connectivity index (χ0v) is 21.8. The lowest BCUT2D eigenvalue weighted by Crippen LogP contribution is -2.41. The molecule has 3 aromatic carbocycles. The number of rotatable bonds is 11. The molecule has 0 bridgehead atoms. The Labute approximate surface area is 217 Å². The first-order valence-electron chi connectivity index (χ1n) is 11.6. The van der Waals surface area contributed by atoms with E-state index in [1.165, 1.54) is 26.3 Å². The van der Waals surface area contributed by atoms with Crippen molar-refractivity contribution >= 4 is 17.9 Å². The van der Waals surface area contributed by atoms with Crippen LogP contribution in [0.3, 0.4) is 0 Å². The Hall–Kier alpha value is -2.81. The van der Waals surface area contributed by atoms with Crippen LogP contribution < -0.4 is 15.8 Å². The summed E-state index contributed by atoms with van der Waals surface area (Å²) in [7, 11) is 3.02. The van der Waals surface area contributed by atoms with Gasteiger partial charge in [-0.3, -0.25) is 4.79 Å². The molecule has 4 N–H and O–H groups in total. The molecule has 0 heterocycles. The maximum absolute atomic E-state index is 15.6. The average Bonchev–Trinajstić information content (AvgIpc) is 2.90. The Bertz CT molecular complexity index is 1130. The molecule has 0 spiro atoms. The van der Waals surface area contributed by atoms with Gasteiger partial charge in [0, 0.05) is 41.4 Å². The molecule has 3 rings (SSSR count). The van der Waals surface area contributed by atoms with E-state index in [0.29, 0.717) is 17.4 Å². The van der Waals surface area contributed by atoms with Crippen LogP contribution in [-0.4, -0.2) is 51.4 Å². The molecule has 194 valence electrons. The first-order chi connectivity index (χ1) is 17.3. The molecular formula is C28H34ClFN2O4. The van der Waals surface area contributed by atoms with E-state index in [4.69, 9.17) is 21.1 Å². The molecule has 0 aliphatic heterocycles. The summed E-state index contributed by atoms with van der Waals surface area (Å²) in [6.45, 7) is 4.63. The van der Waals surface area contributed by atoms with Crippen LogP contribution in [0.2, 0.25) is 5.02 Å². The fraction of sp³-hybridized carbons (Fsp3) is 0.321. The maximum Gasteiger partial charge on any atom is 0.173 e. The summed E-state index contributed by atoms with van der Waals surface area (Å²) in [5.41, 5.74) is 4.69. The van der Waals surface area contributed by atoms with Gasteiger partial charge in [0.25, 0.3) is 0 Å². The highest BCUT2D eigenvalue weighted by atomic mass is 35.5. The minimum absolute atomic E-state index is 0.0149. The third-order valence-corrected chi connectivity index (χ3v) is 5.87. The van der Waals surface area contributed by atoms with Crippen LogP contribution in [0.4, 0.5) is 4.39 Å². The van der Waals surface area contributed by atoms with Crippen LogP contribution >= 0.6 is 11.6 Å². The Morgan fingerprint density at radius 2 is 1.78 bits per heavy atom. The van der Waals surface area contributed by atoms with Gasteiger partial charge in [-0.1, -0.05) is 61.8 Å². The molecule has 0 amide bonds. The Kier molecular flexibility index (Phi) is 11.5. The van der Waals surface area contributed by atoms with Gasteiger partial charge in [0.05, 0.1) is 6.61 Å². The van der Waals surface area contributed by atoms with Gasteiger partial charge < -0.3 is 25.6 Å². The number of nitrogens with one attached hydrogen (secondary N) is 1. The van der Waals surface area contributed by atoms with E-state index in [1.54, 1.807) is 18.2 Å². The predicted molar refractivity (Wildman–Crippen MR) is 142 cm³/mol. The Balaban J connectivity index is 0.00000222. The molecule has 0 saturated heterocycles. The van der Waals surface area contributed by atoms with E-state index < -0.39 is 11.4 Å². The van der Waals surface area contributed by atoms with Gasteiger partial charge >= 0.3 is 0 Å². The van der Waals surface area contributed by atoms with Crippen molar-refractivity contribution in [3.8, 4) is 16.9 Å². The van der Waals surface area contributed by atoms with Crippen molar-refractivity contribution in [1.82, 2.24) is 5.32 Å². The number of hydrogen-bond acceptors (Lipinski definition) is 6. The highest BCUT2D eigenvalue weighted by molar-refractivity contribution is 6.33. The summed E-state index contributed by atoms with van der Waals surface area (Å²) in [5.74, 6) is -0.720. The Morgan fingerprint density at radius 3 is 2.39 bits per heavy atom. The van der Waals surface area contributed by atoms with Crippen molar-refractivity contribution in [3.63, 3.8) is 0 Å². The second-order valence-electron chi connectivity index (χ2n) is 8.26. The normalized spacial score (nSPS) is 12.5. The number of nitrogens with two attached hydrogens (primary N) is 1. The lowest BCUT2D eigenvalue weighted by molar-refractivity contribution is 0.0778. The molecule has 1 atom stereocenters. The molecule has 0 radical (unpaired) electrons. The smallest absolute Gasteiger partial charge is 0.173 e. The second kappa shape index (κ2) is 14.1. The summed E-state index contributed by atoms with van der Waals surface area (Å²) >= 11 is 6.49. The van der Waals surface area contributed by atoms with Gasteiger partial charge in [-0.2, -0.15) is 0 Å². The second-order valence-corrected chi connectivity index (χ2v) is 8.66. The molecule has 6 nitrogen and oxygen atoms in total. The molecule has 0 aromatic heterocycles. The standard InChI is InChI=1S/C27H29ClFNO4.CH5N/c1-18(2)30-17-27(32,20-7-5-4-6-8-20)21-10-11-23(28)22(15-21)25-19(16-31)9-12-24(26(25)29)34-14-13-33-3;1-2/h4-12,15-16,18,30,32H,13-14,17H2,1-3H3;2H2,1H3. The molecule has 3 aromatic rings. The molecule has 0 fully saturated rings. The van der Waals surface area contributed by atoms with Gasteiger partial charge in [0.15, 0.2) is 17.9 Å². The largest absolute Gasteiger partial charge is 0.488 e. The maximum atomic E-state index is 15.6. The number of benzene rings is 3. The fourth-order valence-corrected chi connectivity index (χ4v) is 3.91. The van der Waals surface area contributed by atoms with Crippen LogP contribution in [0.25, 0.3) is 11.1 Å². The van der Waals surface area contributed by atoms with E-state index in [-0.39, 0.29) is 53.3 Å². The molecule has 1 unspecified atom stereocenters. The molecular weight excluding hydrogens is 483 g/mol. The summed E-state index contributed by atoms with van der Waals surface area (Å²) < 4.78 is 26.0. The fourth-order valence-electron chi connectivity index (χ4n) is 3.70. The minimum Gasteiger partial charge on any atom is -0.488 e. The zero-order chi connectivity index (χ0) is 26.7. The summed E-state index contributed by atoms with van der Waals surface area (Å²) in [5, 5.41) is 15.4. The first kappa shape index (κ1) is 29.4. The van der Waals surface area contributed by atoms with Crippen LogP contribution in [0.5, 0.6) is 5.75 Å². The topological polar surface area (TPSA) is 93.8 Å². The monoisotopic (exact) mass is 516 g/mol. The highest BCUT2D eigenvalue weighted by Crippen LogP contribution is 2.39.